The number of carbonyl (C=O) groups is 1. The number of nitrogens with zero attached hydrogens (tertiary/aromatic N) is 4. The molecule has 1 aromatic carbocycles. The van der Waals surface area contributed by atoms with Crippen LogP contribution in [0.2, 0.25) is 0 Å². The van der Waals surface area contributed by atoms with E-state index in [0.717, 1.165) is 30.5 Å². The third-order valence-electron chi connectivity index (χ3n) is 3.87. The summed E-state index contributed by atoms with van der Waals surface area (Å²) >= 11 is 0. The molecule has 5 nitrogen and oxygen atoms in total. The number of hydrazone groups is 1. The summed E-state index contributed by atoms with van der Waals surface area (Å²) < 4.78 is 0. The van der Waals surface area contributed by atoms with Gasteiger partial charge in [-0.25, -0.2) is 5.01 Å². The molecule has 1 amide bonds. The molecule has 1 aliphatic carbocycles. The minimum Gasteiger partial charge on any atom is -0.278 e. The van der Waals surface area contributed by atoms with E-state index in [-0.39, 0.29) is 5.91 Å². The Hall–Kier alpha value is -2.19. The maximum Gasteiger partial charge on any atom is 0.256 e. The van der Waals surface area contributed by atoms with Crippen LogP contribution in [0, 0.1) is 11.3 Å². The lowest BCUT2D eigenvalue weighted by Gasteiger charge is -2.20. The van der Waals surface area contributed by atoms with Gasteiger partial charge in [0.1, 0.15) is 0 Å². The Morgan fingerprint density at radius 1 is 1.38 bits per heavy atom. The molecule has 1 saturated carbocycles. The molecule has 0 unspecified atom stereocenters. The highest BCUT2D eigenvalue weighted by molar-refractivity contribution is 6.02. The second-order valence-electron chi connectivity index (χ2n) is 5.47. The number of rotatable bonds is 5. The van der Waals surface area contributed by atoms with E-state index in [1.165, 1.54) is 0 Å². The molecule has 0 bridgehead atoms. The fourth-order valence-electron chi connectivity index (χ4n) is 2.57. The maximum atomic E-state index is 12.3. The van der Waals surface area contributed by atoms with E-state index >= 15 is 0 Å². The van der Waals surface area contributed by atoms with Crippen molar-refractivity contribution >= 4 is 11.6 Å². The molecule has 1 heterocycles. The van der Waals surface area contributed by atoms with Gasteiger partial charge in [-0.3, -0.25) is 9.69 Å². The van der Waals surface area contributed by atoms with Gasteiger partial charge in [-0.15, -0.1) is 0 Å². The van der Waals surface area contributed by atoms with Crippen molar-refractivity contribution in [3.8, 4) is 6.07 Å². The number of hydrogen-bond donors (Lipinski definition) is 0. The lowest BCUT2D eigenvalue weighted by molar-refractivity contribution is -0.131. The van der Waals surface area contributed by atoms with Gasteiger partial charge in [0, 0.05) is 12.5 Å². The highest BCUT2D eigenvalue weighted by atomic mass is 16.2. The molecule has 0 N–H and O–H groups in total. The van der Waals surface area contributed by atoms with E-state index in [4.69, 9.17) is 5.26 Å². The molecule has 1 aromatic rings. The SMILES string of the molecule is N#CCN(CC(=O)N1CCC(c2ccccc2)=N1)C1CC1. The van der Waals surface area contributed by atoms with Gasteiger partial charge < -0.3 is 0 Å². The highest BCUT2D eigenvalue weighted by Gasteiger charge is 2.32. The third kappa shape index (κ3) is 3.29. The van der Waals surface area contributed by atoms with Crippen LogP contribution in [-0.2, 0) is 4.79 Å². The Bertz CT molecular complexity index is 586. The van der Waals surface area contributed by atoms with Gasteiger partial charge in [0.05, 0.1) is 31.4 Å². The first kappa shape index (κ1) is 13.8. The average molecular weight is 282 g/mol. The fraction of sp³-hybridized carbons (Fsp3) is 0.438. The zero-order chi connectivity index (χ0) is 14.7. The standard InChI is InChI=1S/C16H18N4O/c17-9-11-19(14-6-7-14)12-16(21)20-10-8-15(18-20)13-4-2-1-3-5-13/h1-5,14H,6-8,10-12H2. The van der Waals surface area contributed by atoms with Crippen molar-refractivity contribution in [2.24, 2.45) is 5.10 Å². The van der Waals surface area contributed by atoms with E-state index in [2.05, 4.69) is 11.2 Å². The van der Waals surface area contributed by atoms with E-state index in [0.29, 0.717) is 25.7 Å². The van der Waals surface area contributed by atoms with E-state index in [1.54, 1.807) is 5.01 Å². The first-order valence-corrected chi connectivity index (χ1v) is 7.32. The zero-order valence-corrected chi connectivity index (χ0v) is 11.9. The second-order valence-corrected chi connectivity index (χ2v) is 5.47. The van der Waals surface area contributed by atoms with Crippen molar-refractivity contribution in [2.45, 2.75) is 25.3 Å². The Balaban J connectivity index is 1.63. The van der Waals surface area contributed by atoms with Crippen molar-refractivity contribution < 1.29 is 4.79 Å². The third-order valence-corrected chi connectivity index (χ3v) is 3.87. The zero-order valence-electron chi connectivity index (χ0n) is 11.9. The van der Waals surface area contributed by atoms with Crippen LogP contribution in [0.5, 0.6) is 0 Å². The van der Waals surface area contributed by atoms with Gasteiger partial charge in [0.15, 0.2) is 0 Å². The van der Waals surface area contributed by atoms with Crippen molar-refractivity contribution in [2.75, 3.05) is 19.6 Å². The van der Waals surface area contributed by atoms with Crippen LogP contribution in [0.4, 0.5) is 0 Å². The van der Waals surface area contributed by atoms with Crippen LogP contribution in [0.25, 0.3) is 0 Å². The van der Waals surface area contributed by atoms with Crippen LogP contribution in [0.15, 0.2) is 35.4 Å². The second kappa shape index (κ2) is 6.06. The van der Waals surface area contributed by atoms with E-state index < -0.39 is 0 Å². The smallest absolute Gasteiger partial charge is 0.256 e. The molecule has 0 atom stereocenters. The Morgan fingerprint density at radius 3 is 2.81 bits per heavy atom. The van der Waals surface area contributed by atoms with Crippen LogP contribution in [0.3, 0.4) is 0 Å². The van der Waals surface area contributed by atoms with Gasteiger partial charge in [0.25, 0.3) is 5.91 Å². The summed E-state index contributed by atoms with van der Waals surface area (Å²) in [6, 6.07) is 12.5. The predicted molar refractivity (Wildman–Crippen MR) is 79.5 cm³/mol. The van der Waals surface area contributed by atoms with E-state index in [1.807, 2.05) is 35.2 Å². The molecular weight excluding hydrogens is 264 g/mol. The van der Waals surface area contributed by atoms with Gasteiger partial charge in [0.2, 0.25) is 0 Å². The maximum absolute atomic E-state index is 12.3. The molecule has 5 heteroatoms. The summed E-state index contributed by atoms with van der Waals surface area (Å²) in [5.41, 5.74) is 2.03. The Labute approximate surface area is 124 Å². The Morgan fingerprint density at radius 2 is 2.14 bits per heavy atom. The summed E-state index contributed by atoms with van der Waals surface area (Å²) in [6.07, 6.45) is 2.97. The van der Waals surface area contributed by atoms with Crippen molar-refractivity contribution in [1.82, 2.24) is 9.91 Å². The molecule has 0 aromatic heterocycles. The lowest BCUT2D eigenvalue weighted by atomic mass is 10.1. The predicted octanol–water partition coefficient (Wildman–Crippen LogP) is 1.61. The molecular formula is C16H18N4O. The summed E-state index contributed by atoms with van der Waals surface area (Å²) in [4.78, 5) is 14.3. The van der Waals surface area contributed by atoms with Crippen LogP contribution >= 0.6 is 0 Å². The molecule has 108 valence electrons. The summed E-state index contributed by atoms with van der Waals surface area (Å²) in [5, 5.41) is 14.8. The number of hydrogen-bond acceptors (Lipinski definition) is 4. The largest absolute Gasteiger partial charge is 0.278 e. The number of carbonyl (C=O) groups excluding carboxylic acids is 1. The van der Waals surface area contributed by atoms with Crippen molar-refractivity contribution in [1.29, 1.82) is 5.26 Å². The number of nitriles is 1. The monoisotopic (exact) mass is 282 g/mol. The van der Waals surface area contributed by atoms with Gasteiger partial charge >= 0.3 is 0 Å². The lowest BCUT2D eigenvalue weighted by Crippen LogP contribution is -2.38. The molecule has 21 heavy (non-hydrogen) atoms. The minimum atomic E-state index is -0.0110. The molecule has 0 saturated heterocycles. The quantitative estimate of drug-likeness (QED) is 0.771. The fourth-order valence-corrected chi connectivity index (χ4v) is 2.57. The normalized spacial score (nSPS) is 17.7. The average Bonchev–Trinajstić information content (AvgIpc) is 3.24. The molecule has 3 rings (SSSR count). The van der Waals surface area contributed by atoms with Crippen molar-refractivity contribution in [3.05, 3.63) is 35.9 Å². The van der Waals surface area contributed by atoms with Gasteiger partial charge in [-0.2, -0.15) is 10.4 Å². The van der Waals surface area contributed by atoms with Gasteiger partial charge in [-0.05, 0) is 18.4 Å². The molecule has 1 aliphatic heterocycles. The van der Waals surface area contributed by atoms with E-state index in [9.17, 15) is 4.79 Å². The highest BCUT2D eigenvalue weighted by Crippen LogP contribution is 2.26. The van der Waals surface area contributed by atoms with Crippen LogP contribution < -0.4 is 0 Å². The Kier molecular flexibility index (Phi) is 3.98. The first-order chi connectivity index (χ1) is 10.3. The summed E-state index contributed by atoms with van der Waals surface area (Å²) in [6.45, 7) is 1.25. The minimum absolute atomic E-state index is 0.0110. The molecule has 0 spiro atoms. The summed E-state index contributed by atoms with van der Waals surface area (Å²) in [5.74, 6) is -0.0110. The number of amides is 1. The molecule has 0 radical (unpaired) electrons. The topological polar surface area (TPSA) is 59.7 Å². The van der Waals surface area contributed by atoms with Crippen LogP contribution in [-0.4, -0.2) is 47.2 Å². The molecule has 1 fully saturated rings. The first-order valence-electron chi connectivity index (χ1n) is 7.32. The number of benzene rings is 1. The van der Waals surface area contributed by atoms with Crippen molar-refractivity contribution in [3.63, 3.8) is 0 Å². The summed E-state index contributed by atoms with van der Waals surface area (Å²) in [7, 11) is 0. The molecule has 2 aliphatic rings. The van der Waals surface area contributed by atoms with Crippen LogP contribution in [0.1, 0.15) is 24.8 Å². The van der Waals surface area contributed by atoms with Gasteiger partial charge in [-0.1, -0.05) is 30.3 Å².